The highest BCUT2D eigenvalue weighted by Crippen LogP contribution is 2.08. The van der Waals surface area contributed by atoms with Crippen molar-refractivity contribution in [2.24, 2.45) is 0 Å². The Morgan fingerprint density at radius 1 is 1.57 bits per heavy atom. The van der Waals surface area contributed by atoms with Crippen LogP contribution in [0.15, 0.2) is 11.1 Å². The molecule has 3 heteroatoms. The lowest BCUT2D eigenvalue weighted by molar-refractivity contribution is 1.52. The minimum atomic E-state index is -0.475. The molecule has 0 aromatic heterocycles. The summed E-state index contributed by atoms with van der Waals surface area (Å²) < 4.78 is 0. The predicted molar refractivity (Wildman–Crippen MR) is 35.1 cm³/mol. The molecule has 0 aromatic carbocycles. The maximum atomic E-state index is 5.36. The Bertz CT molecular complexity index is 71.0. The zero-order valence-electron chi connectivity index (χ0n) is 3.79. The molecule has 0 saturated heterocycles. The van der Waals surface area contributed by atoms with Crippen LogP contribution in [0.25, 0.3) is 0 Å². The fraction of sp³-hybridized carbons (Fsp3) is 0.500. The molecule has 0 amide bonds. The first-order valence-corrected chi connectivity index (χ1v) is 3.00. The molecule has 0 heterocycles. The highest BCUT2D eigenvalue weighted by atomic mass is 35.5. The molecule has 0 aliphatic rings. The van der Waals surface area contributed by atoms with Gasteiger partial charge in [0.1, 0.15) is 4.84 Å². The SMILES string of the molecule is C/C(Cl)=C/C(Cl)Cl. The molecule has 0 spiro atoms. The number of alkyl halides is 2. The molecule has 0 saturated carbocycles. The highest BCUT2D eigenvalue weighted by Gasteiger charge is 1.89. The second-order valence-corrected chi connectivity index (χ2v) is 2.85. The molecule has 0 aliphatic heterocycles. The maximum Gasteiger partial charge on any atom is 0.127 e. The number of halogens is 3. The molecule has 0 rings (SSSR count). The van der Waals surface area contributed by atoms with Crippen molar-refractivity contribution in [3.05, 3.63) is 11.1 Å². The third-order valence-electron chi connectivity index (χ3n) is 0.356. The Kier molecular flexibility index (Phi) is 3.91. The van der Waals surface area contributed by atoms with Crippen LogP contribution in [0, 0.1) is 0 Å². The molecule has 0 N–H and O–H groups in total. The van der Waals surface area contributed by atoms with E-state index in [1.807, 2.05) is 0 Å². The average molecular weight is 159 g/mol. The molecule has 0 aromatic rings. The van der Waals surface area contributed by atoms with E-state index in [2.05, 4.69) is 0 Å². The number of allylic oxidation sites excluding steroid dienone is 2. The molecule has 0 unspecified atom stereocenters. The van der Waals surface area contributed by atoms with Crippen molar-refractivity contribution in [3.63, 3.8) is 0 Å². The Morgan fingerprint density at radius 2 is 2.00 bits per heavy atom. The molecular weight excluding hydrogens is 154 g/mol. The van der Waals surface area contributed by atoms with Crippen molar-refractivity contribution in [2.45, 2.75) is 11.8 Å². The van der Waals surface area contributed by atoms with Gasteiger partial charge in [-0.25, -0.2) is 0 Å². The van der Waals surface area contributed by atoms with E-state index in [-0.39, 0.29) is 0 Å². The number of rotatable bonds is 1. The maximum absolute atomic E-state index is 5.36. The molecule has 0 radical (unpaired) electrons. The molecule has 0 aliphatic carbocycles. The van der Waals surface area contributed by atoms with Gasteiger partial charge in [-0.05, 0) is 13.0 Å². The first-order valence-electron chi connectivity index (χ1n) is 1.75. The van der Waals surface area contributed by atoms with Gasteiger partial charge in [0.25, 0.3) is 0 Å². The van der Waals surface area contributed by atoms with E-state index < -0.39 is 4.84 Å². The van der Waals surface area contributed by atoms with Crippen molar-refractivity contribution < 1.29 is 0 Å². The van der Waals surface area contributed by atoms with Gasteiger partial charge < -0.3 is 0 Å². The fourth-order valence-electron chi connectivity index (χ4n) is 0.174. The van der Waals surface area contributed by atoms with Crippen molar-refractivity contribution in [1.29, 1.82) is 0 Å². The molecule has 42 valence electrons. The third kappa shape index (κ3) is 6.61. The largest absolute Gasteiger partial charge is 0.127 e. The van der Waals surface area contributed by atoms with Crippen LogP contribution in [0.4, 0.5) is 0 Å². The Morgan fingerprint density at radius 3 is 2.00 bits per heavy atom. The predicted octanol–water partition coefficient (Wildman–Crippen LogP) is 2.93. The zero-order chi connectivity index (χ0) is 5.86. The van der Waals surface area contributed by atoms with E-state index in [9.17, 15) is 0 Å². The van der Waals surface area contributed by atoms with Gasteiger partial charge >= 0.3 is 0 Å². The van der Waals surface area contributed by atoms with E-state index in [0.29, 0.717) is 5.03 Å². The molecule has 7 heavy (non-hydrogen) atoms. The summed E-state index contributed by atoms with van der Waals surface area (Å²) in [7, 11) is 0. The molecular formula is C4H5Cl3. The molecule has 0 fully saturated rings. The Balaban J connectivity index is 3.45. The second kappa shape index (κ2) is 3.59. The summed E-state index contributed by atoms with van der Waals surface area (Å²) in [6, 6.07) is 0. The summed E-state index contributed by atoms with van der Waals surface area (Å²) in [6.07, 6.45) is 1.55. The van der Waals surface area contributed by atoms with Crippen LogP contribution in [0.1, 0.15) is 6.92 Å². The van der Waals surface area contributed by atoms with E-state index in [0.717, 1.165) is 0 Å². The van der Waals surface area contributed by atoms with Gasteiger partial charge in [-0.1, -0.05) is 11.6 Å². The molecule has 0 atom stereocenters. The van der Waals surface area contributed by atoms with Crippen molar-refractivity contribution >= 4 is 34.8 Å². The summed E-state index contributed by atoms with van der Waals surface area (Å²) >= 11 is 15.9. The van der Waals surface area contributed by atoms with E-state index >= 15 is 0 Å². The Hall–Kier alpha value is 0.610. The third-order valence-corrected chi connectivity index (χ3v) is 0.734. The van der Waals surface area contributed by atoms with Gasteiger partial charge in [0, 0.05) is 5.03 Å². The van der Waals surface area contributed by atoms with Gasteiger partial charge in [0.2, 0.25) is 0 Å². The van der Waals surface area contributed by atoms with Crippen molar-refractivity contribution in [3.8, 4) is 0 Å². The minimum absolute atomic E-state index is 0.475. The van der Waals surface area contributed by atoms with Gasteiger partial charge in [-0.15, -0.1) is 23.2 Å². The monoisotopic (exact) mass is 158 g/mol. The van der Waals surface area contributed by atoms with Crippen molar-refractivity contribution in [2.75, 3.05) is 0 Å². The van der Waals surface area contributed by atoms with E-state index in [1.54, 1.807) is 13.0 Å². The summed E-state index contributed by atoms with van der Waals surface area (Å²) in [4.78, 5) is -0.475. The van der Waals surface area contributed by atoms with Crippen LogP contribution in [-0.2, 0) is 0 Å². The van der Waals surface area contributed by atoms with Crippen molar-refractivity contribution in [1.82, 2.24) is 0 Å². The van der Waals surface area contributed by atoms with Crippen LogP contribution in [-0.4, -0.2) is 4.84 Å². The topological polar surface area (TPSA) is 0 Å². The smallest absolute Gasteiger partial charge is 0.101 e. The lowest BCUT2D eigenvalue weighted by Crippen LogP contribution is -1.75. The minimum Gasteiger partial charge on any atom is -0.101 e. The quantitative estimate of drug-likeness (QED) is 0.516. The van der Waals surface area contributed by atoms with Crippen LogP contribution in [0.5, 0.6) is 0 Å². The van der Waals surface area contributed by atoms with E-state index in [4.69, 9.17) is 34.8 Å². The number of hydrogen-bond donors (Lipinski definition) is 0. The highest BCUT2D eigenvalue weighted by molar-refractivity contribution is 6.46. The number of hydrogen-bond acceptors (Lipinski definition) is 0. The van der Waals surface area contributed by atoms with Crippen LogP contribution >= 0.6 is 34.8 Å². The lowest BCUT2D eigenvalue weighted by atomic mass is 10.6. The van der Waals surface area contributed by atoms with Crippen LogP contribution in [0.2, 0.25) is 0 Å². The summed E-state index contributed by atoms with van der Waals surface area (Å²) in [5.74, 6) is 0. The van der Waals surface area contributed by atoms with Crippen LogP contribution < -0.4 is 0 Å². The van der Waals surface area contributed by atoms with E-state index in [1.165, 1.54) is 0 Å². The van der Waals surface area contributed by atoms with Gasteiger partial charge in [0.15, 0.2) is 0 Å². The molecule has 0 bridgehead atoms. The summed E-state index contributed by atoms with van der Waals surface area (Å²) in [5, 5.41) is 0.620. The Labute approximate surface area is 58.1 Å². The normalized spacial score (nSPS) is 13.0. The zero-order valence-corrected chi connectivity index (χ0v) is 6.06. The standard InChI is InChI=1S/C4H5Cl3/c1-3(5)2-4(6)7/h2,4H,1H3/b3-2-. The average Bonchev–Trinajstić information content (AvgIpc) is 1.27. The van der Waals surface area contributed by atoms with Crippen LogP contribution in [0.3, 0.4) is 0 Å². The first-order chi connectivity index (χ1) is 3.13. The second-order valence-electron chi connectivity index (χ2n) is 1.09. The van der Waals surface area contributed by atoms with Gasteiger partial charge in [-0.2, -0.15) is 0 Å². The summed E-state index contributed by atoms with van der Waals surface area (Å²) in [5.41, 5.74) is 0. The fourth-order valence-corrected chi connectivity index (χ4v) is 0.807. The first kappa shape index (κ1) is 7.61. The summed E-state index contributed by atoms with van der Waals surface area (Å²) in [6.45, 7) is 1.72. The van der Waals surface area contributed by atoms with Gasteiger partial charge in [0.05, 0.1) is 0 Å². The van der Waals surface area contributed by atoms with Gasteiger partial charge in [-0.3, -0.25) is 0 Å². The molecule has 0 nitrogen and oxygen atoms in total. The lowest BCUT2D eigenvalue weighted by Gasteiger charge is -1.86.